The Labute approximate surface area is 205 Å². The van der Waals surface area contributed by atoms with Crippen molar-refractivity contribution in [1.82, 2.24) is 19.8 Å². The van der Waals surface area contributed by atoms with Gasteiger partial charge in [-0.25, -0.2) is 4.98 Å². The van der Waals surface area contributed by atoms with E-state index in [1.165, 1.54) is 24.8 Å². The van der Waals surface area contributed by atoms with Gasteiger partial charge in [0, 0.05) is 44.3 Å². The molecule has 1 aromatic carbocycles. The highest BCUT2D eigenvalue weighted by molar-refractivity contribution is 7.99. The number of thioether (sulfide) groups is 1. The number of carbonyl (C=O) groups excluding carboxylic acids is 1. The number of rotatable bonds is 9. The highest BCUT2D eigenvalue weighted by atomic mass is 32.2. The maximum absolute atomic E-state index is 13.6. The van der Waals surface area contributed by atoms with E-state index in [-0.39, 0.29) is 17.6 Å². The first-order chi connectivity index (χ1) is 16.7. The second-order valence-corrected chi connectivity index (χ2v) is 10.8. The van der Waals surface area contributed by atoms with Crippen LogP contribution in [0.5, 0.6) is 0 Å². The van der Waals surface area contributed by atoms with E-state index in [0.29, 0.717) is 49.8 Å². The average molecular weight is 483 g/mol. The molecule has 7 nitrogen and oxygen atoms in total. The van der Waals surface area contributed by atoms with Crippen LogP contribution in [0.4, 0.5) is 0 Å². The number of fused-ring (bicyclic) bond motifs is 1. The molecule has 8 heteroatoms. The van der Waals surface area contributed by atoms with E-state index in [0.717, 1.165) is 36.8 Å². The Bertz CT molecular complexity index is 1050. The quantitative estimate of drug-likeness (QED) is 0.437. The molecular formula is C26H34N4O3S. The Hall–Kier alpha value is -2.16. The molecule has 1 saturated carbocycles. The monoisotopic (exact) mass is 482 g/mol. The van der Waals surface area contributed by atoms with Crippen molar-refractivity contribution in [2.45, 2.75) is 81.1 Å². The van der Waals surface area contributed by atoms with Crippen molar-refractivity contribution in [1.29, 1.82) is 0 Å². The van der Waals surface area contributed by atoms with Crippen LogP contribution in [0.1, 0.15) is 55.3 Å². The number of nitrogens with zero attached hydrogens (tertiary/aromatic N) is 3. The van der Waals surface area contributed by atoms with Crippen molar-refractivity contribution < 1.29 is 9.53 Å². The number of hydrogen-bond donors (Lipinski definition) is 1. The highest BCUT2D eigenvalue weighted by Gasteiger charge is 2.29. The number of benzene rings is 1. The van der Waals surface area contributed by atoms with Crippen molar-refractivity contribution in [2.24, 2.45) is 0 Å². The van der Waals surface area contributed by atoms with E-state index in [1.807, 2.05) is 27.7 Å². The molecule has 5 rings (SSSR count). The Morgan fingerprint density at radius 3 is 2.76 bits per heavy atom. The zero-order valence-corrected chi connectivity index (χ0v) is 20.5. The Balaban J connectivity index is 1.25. The van der Waals surface area contributed by atoms with Gasteiger partial charge in [-0.3, -0.25) is 14.2 Å². The summed E-state index contributed by atoms with van der Waals surface area (Å²) in [4.78, 5) is 33.3. The molecule has 182 valence electrons. The van der Waals surface area contributed by atoms with Crippen molar-refractivity contribution >= 4 is 17.7 Å². The smallest absolute Gasteiger partial charge is 0.259 e. The van der Waals surface area contributed by atoms with Crippen molar-refractivity contribution in [3.05, 3.63) is 57.5 Å². The van der Waals surface area contributed by atoms with Gasteiger partial charge in [-0.15, -0.1) is 0 Å². The third-order valence-electron chi connectivity index (χ3n) is 7.06. The summed E-state index contributed by atoms with van der Waals surface area (Å²) < 4.78 is 7.67. The molecular weight excluding hydrogens is 448 g/mol. The summed E-state index contributed by atoms with van der Waals surface area (Å²) in [5.74, 6) is 0.0872. The molecule has 1 saturated heterocycles. The molecule has 1 amide bonds. The van der Waals surface area contributed by atoms with Gasteiger partial charge in [-0.1, -0.05) is 48.5 Å². The lowest BCUT2D eigenvalue weighted by molar-refractivity contribution is -0.132. The second-order valence-electron chi connectivity index (χ2n) is 9.52. The number of aromatic nitrogens is 2. The van der Waals surface area contributed by atoms with Gasteiger partial charge < -0.3 is 15.0 Å². The lowest BCUT2D eigenvalue weighted by atomic mass is 10.0. The maximum Gasteiger partial charge on any atom is 0.259 e. The molecule has 0 bridgehead atoms. The fourth-order valence-electron chi connectivity index (χ4n) is 4.77. The van der Waals surface area contributed by atoms with Gasteiger partial charge in [0.25, 0.3) is 5.56 Å². The molecule has 34 heavy (non-hydrogen) atoms. The highest BCUT2D eigenvalue weighted by Crippen LogP contribution is 2.36. The van der Waals surface area contributed by atoms with Crippen LogP contribution in [-0.4, -0.2) is 51.4 Å². The van der Waals surface area contributed by atoms with Crippen LogP contribution in [0.25, 0.3) is 0 Å². The molecule has 2 fully saturated rings. The molecule has 1 aromatic heterocycles. The van der Waals surface area contributed by atoms with Crippen LogP contribution in [-0.2, 0) is 35.6 Å². The summed E-state index contributed by atoms with van der Waals surface area (Å²) in [5, 5.41) is 4.75. The van der Waals surface area contributed by atoms with E-state index in [2.05, 4.69) is 17.4 Å². The topological polar surface area (TPSA) is 76.5 Å². The number of ether oxygens (including phenoxy) is 1. The molecule has 0 spiro atoms. The van der Waals surface area contributed by atoms with Gasteiger partial charge in [0.1, 0.15) is 0 Å². The molecule has 1 atom stereocenters. The number of hydrogen-bond acceptors (Lipinski definition) is 6. The van der Waals surface area contributed by atoms with Crippen molar-refractivity contribution in [3.63, 3.8) is 0 Å². The van der Waals surface area contributed by atoms with Crippen molar-refractivity contribution in [3.8, 4) is 0 Å². The average Bonchev–Trinajstić information content (AvgIpc) is 3.35. The summed E-state index contributed by atoms with van der Waals surface area (Å²) in [5.41, 5.74) is 2.78. The summed E-state index contributed by atoms with van der Waals surface area (Å²) in [6.45, 7) is 3.68. The van der Waals surface area contributed by atoms with E-state index in [4.69, 9.17) is 9.72 Å². The molecule has 1 aliphatic carbocycles. The third-order valence-corrected chi connectivity index (χ3v) is 8.38. The van der Waals surface area contributed by atoms with Crippen LogP contribution in [0.2, 0.25) is 0 Å². The molecule has 2 aliphatic heterocycles. The number of amides is 1. The zero-order chi connectivity index (χ0) is 23.3. The Kier molecular flexibility index (Phi) is 7.67. The standard InChI is InChI=1S/C26H34N4O3S/c31-24(11-13-27-16-19-6-2-1-3-7-19)29-14-12-23-22(18-29)25(32)30(17-20-8-5-15-33-20)26(28-23)34-21-9-4-10-21/h1-3,6-7,20-21,27H,4-5,8-18H2/t20-/m1/s1. The molecule has 2 aromatic rings. The Morgan fingerprint density at radius 1 is 1.18 bits per heavy atom. The minimum atomic E-state index is 0.0158. The van der Waals surface area contributed by atoms with Gasteiger partial charge in [-0.05, 0) is 31.2 Å². The zero-order valence-electron chi connectivity index (χ0n) is 19.7. The van der Waals surface area contributed by atoms with Gasteiger partial charge in [0.2, 0.25) is 5.91 Å². The Morgan fingerprint density at radius 2 is 2.03 bits per heavy atom. The van der Waals surface area contributed by atoms with Crippen LogP contribution >= 0.6 is 11.8 Å². The van der Waals surface area contributed by atoms with Crippen LogP contribution in [0.3, 0.4) is 0 Å². The lowest BCUT2D eigenvalue weighted by Gasteiger charge is -2.30. The van der Waals surface area contributed by atoms with Gasteiger partial charge in [0.15, 0.2) is 5.16 Å². The van der Waals surface area contributed by atoms with E-state index in [9.17, 15) is 9.59 Å². The summed E-state index contributed by atoms with van der Waals surface area (Å²) in [6, 6.07) is 10.2. The first-order valence-corrected chi connectivity index (χ1v) is 13.5. The molecule has 3 aliphatic rings. The molecule has 1 N–H and O–H groups in total. The normalized spacial score (nSPS) is 20.2. The largest absolute Gasteiger partial charge is 0.376 e. The lowest BCUT2D eigenvalue weighted by Crippen LogP contribution is -2.42. The molecule has 0 unspecified atom stereocenters. The van der Waals surface area contributed by atoms with Gasteiger partial charge in [-0.2, -0.15) is 0 Å². The summed E-state index contributed by atoms with van der Waals surface area (Å²) in [6.07, 6.45) is 6.82. The maximum atomic E-state index is 13.6. The number of nitrogens with one attached hydrogen (secondary N) is 1. The van der Waals surface area contributed by atoms with Crippen LogP contribution in [0, 0.1) is 0 Å². The molecule has 3 heterocycles. The van der Waals surface area contributed by atoms with Gasteiger partial charge in [0.05, 0.1) is 30.5 Å². The van der Waals surface area contributed by atoms with Crippen LogP contribution < -0.4 is 10.9 Å². The van der Waals surface area contributed by atoms with Crippen molar-refractivity contribution in [2.75, 3.05) is 19.7 Å². The van der Waals surface area contributed by atoms with Crippen LogP contribution in [0.15, 0.2) is 40.3 Å². The summed E-state index contributed by atoms with van der Waals surface area (Å²) in [7, 11) is 0. The number of carbonyl (C=O) groups is 1. The van der Waals surface area contributed by atoms with E-state index >= 15 is 0 Å². The van der Waals surface area contributed by atoms with Gasteiger partial charge >= 0.3 is 0 Å². The first-order valence-electron chi connectivity index (χ1n) is 12.6. The summed E-state index contributed by atoms with van der Waals surface area (Å²) >= 11 is 1.75. The first kappa shape index (κ1) is 23.6. The predicted octanol–water partition coefficient (Wildman–Crippen LogP) is 3.13. The molecule has 0 radical (unpaired) electrons. The third kappa shape index (κ3) is 5.56. The minimum Gasteiger partial charge on any atom is -0.376 e. The second kappa shape index (κ2) is 11.1. The minimum absolute atomic E-state index is 0.0158. The fraction of sp³-hybridized carbons (Fsp3) is 0.577. The SMILES string of the molecule is O=C(CCNCc1ccccc1)N1CCc2nc(SC3CCC3)n(C[C@H]3CCCO3)c(=O)c2C1. The fourth-order valence-corrected chi connectivity index (χ4v) is 6.08. The van der Waals surface area contributed by atoms with E-state index < -0.39 is 0 Å². The predicted molar refractivity (Wildman–Crippen MR) is 133 cm³/mol. The van der Waals surface area contributed by atoms with E-state index in [1.54, 1.807) is 11.8 Å².